The van der Waals surface area contributed by atoms with E-state index >= 15 is 0 Å². The summed E-state index contributed by atoms with van der Waals surface area (Å²) in [5.41, 5.74) is 0. The monoisotopic (exact) mass is 165 g/mol. The molecule has 0 aliphatic heterocycles. The van der Waals surface area contributed by atoms with Crippen LogP contribution < -0.4 is 0 Å². The van der Waals surface area contributed by atoms with E-state index in [0.717, 1.165) is 0 Å². The molecule has 6 nitrogen and oxygen atoms in total. The highest BCUT2D eigenvalue weighted by Crippen LogP contribution is 2.01. The van der Waals surface area contributed by atoms with Gasteiger partial charge in [0.25, 0.3) is 0 Å². The molecule has 0 spiro atoms. The number of rotatable bonds is 4. The molecular weight excluding hydrogens is 153 g/mol. The average Bonchev–Trinajstić information content (AvgIpc) is 1.81. The van der Waals surface area contributed by atoms with E-state index in [2.05, 4.69) is 4.76 Å². The molecule has 7 heteroatoms. The minimum Gasteiger partial charge on any atom is -0.401 e. The standard InChI is InChI=1S/C4H12BNO5/c1-3(7)6(4(2)8)11-5(9)10/h3-4,7-10H,1-2H3. The van der Waals surface area contributed by atoms with E-state index in [4.69, 9.17) is 20.3 Å². The first kappa shape index (κ1) is 10.8. The number of hydroxylamine groups is 2. The third-order valence-corrected chi connectivity index (χ3v) is 0.953. The molecule has 0 aliphatic carbocycles. The lowest BCUT2D eigenvalue weighted by Crippen LogP contribution is -2.44. The normalized spacial score (nSPS) is 16.6. The first-order chi connectivity index (χ1) is 4.95. The summed E-state index contributed by atoms with van der Waals surface area (Å²) >= 11 is 0. The lowest BCUT2D eigenvalue weighted by molar-refractivity contribution is -0.252. The summed E-state index contributed by atoms with van der Waals surface area (Å²) in [5, 5.41) is 34.9. The second-order valence-corrected chi connectivity index (χ2v) is 2.06. The van der Waals surface area contributed by atoms with Crippen molar-refractivity contribution in [3.8, 4) is 0 Å². The fourth-order valence-corrected chi connectivity index (χ4v) is 0.597. The number of aliphatic hydroxyl groups excluding tert-OH is 2. The second-order valence-electron chi connectivity index (χ2n) is 2.06. The Morgan fingerprint density at radius 2 is 1.55 bits per heavy atom. The Hall–Kier alpha value is -0.175. The van der Waals surface area contributed by atoms with E-state index in [9.17, 15) is 0 Å². The van der Waals surface area contributed by atoms with Crippen LogP contribution in [-0.2, 0) is 4.76 Å². The van der Waals surface area contributed by atoms with Gasteiger partial charge in [0.15, 0.2) is 0 Å². The molecule has 4 N–H and O–H groups in total. The molecule has 0 aliphatic rings. The topological polar surface area (TPSA) is 93.4 Å². The SMILES string of the molecule is CC(O)N(OB(O)O)C(C)O. The third kappa shape index (κ3) is 4.30. The van der Waals surface area contributed by atoms with E-state index in [1.54, 1.807) is 0 Å². The molecule has 0 fully saturated rings. The van der Waals surface area contributed by atoms with Crippen LogP contribution in [0, 0.1) is 0 Å². The summed E-state index contributed by atoms with van der Waals surface area (Å²) in [5.74, 6) is 0. The van der Waals surface area contributed by atoms with Gasteiger partial charge in [-0.2, -0.15) is 0 Å². The van der Waals surface area contributed by atoms with Crippen molar-refractivity contribution in [2.75, 3.05) is 0 Å². The van der Waals surface area contributed by atoms with Crippen molar-refractivity contribution in [1.29, 1.82) is 0 Å². The third-order valence-electron chi connectivity index (χ3n) is 0.953. The number of aliphatic hydroxyl groups is 2. The number of nitrogens with zero attached hydrogens (tertiary/aromatic N) is 1. The Labute approximate surface area is 64.8 Å². The van der Waals surface area contributed by atoms with Crippen LogP contribution >= 0.6 is 0 Å². The van der Waals surface area contributed by atoms with Gasteiger partial charge in [0, 0.05) is 0 Å². The van der Waals surface area contributed by atoms with E-state index in [1.807, 2.05) is 0 Å². The van der Waals surface area contributed by atoms with Crippen LogP contribution in [0.3, 0.4) is 0 Å². The summed E-state index contributed by atoms with van der Waals surface area (Å²) in [4.78, 5) is 0. The lowest BCUT2D eigenvalue weighted by Gasteiger charge is -2.26. The minimum absolute atomic E-state index is 0.644. The molecule has 11 heavy (non-hydrogen) atoms. The number of hydrogen-bond acceptors (Lipinski definition) is 6. The Morgan fingerprint density at radius 1 is 1.18 bits per heavy atom. The zero-order chi connectivity index (χ0) is 9.02. The van der Waals surface area contributed by atoms with Crippen LogP contribution in [0.15, 0.2) is 0 Å². The van der Waals surface area contributed by atoms with Gasteiger partial charge < -0.3 is 20.3 Å². The van der Waals surface area contributed by atoms with Crippen LogP contribution in [-0.4, -0.2) is 45.1 Å². The van der Waals surface area contributed by atoms with Gasteiger partial charge >= 0.3 is 7.32 Å². The molecule has 66 valence electrons. The molecule has 0 aromatic heterocycles. The quantitative estimate of drug-likeness (QED) is 0.216. The number of hydrogen-bond donors (Lipinski definition) is 4. The summed E-state index contributed by atoms with van der Waals surface area (Å²) < 4.78 is 4.22. The zero-order valence-corrected chi connectivity index (χ0v) is 6.38. The summed E-state index contributed by atoms with van der Waals surface area (Å²) in [6.07, 6.45) is -2.23. The van der Waals surface area contributed by atoms with Crippen molar-refractivity contribution >= 4 is 7.32 Å². The van der Waals surface area contributed by atoms with Gasteiger partial charge in [-0.05, 0) is 13.8 Å². The van der Waals surface area contributed by atoms with Crippen LogP contribution in [0.2, 0.25) is 0 Å². The summed E-state index contributed by atoms with van der Waals surface area (Å²) in [6, 6.07) is 0. The molecule has 0 rings (SSSR count). The molecule has 0 aromatic rings. The lowest BCUT2D eigenvalue weighted by atomic mass is 10.3. The fourth-order valence-electron chi connectivity index (χ4n) is 0.597. The van der Waals surface area contributed by atoms with Gasteiger partial charge in [-0.15, -0.1) is 5.06 Å². The smallest absolute Gasteiger partial charge is 0.401 e. The fraction of sp³-hybridized carbons (Fsp3) is 1.00. The van der Waals surface area contributed by atoms with Crippen LogP contribution in [0.5, 0.6) is 0 Å². The molecule has 0 bridgehead atoms. The average molecular weight is 165 g/mol. The second kappa shape index (κ2) is 4.65. The molecule has 0 aromatic carbocycles. The van der Waals surface area contributed by atoms with Crippen molar-refractivity contribution in [3.63, 3.8) is 0 Å². The van der Waals surface area contributed by atoms with Gasteiger partial charge in [0.05, 0.1) is 0 Å². The van der Waals surface area contributed by atoms with Gasteiger partial charge in [0.2, 0.25) is 0 Å². The van der Waals surface area contributed by atoms with Gasteiger partial charge in [-0.1, -0.05) is 0 Å². The summed E-state index contributed by atoms with van der Waals surface area (Å²) in [6.45, 7) is 2.63. The van der Waals surface area contributed by atoms with Crippen LogP contribution in [0.4, 0.5) is 0 Å². The first-order valence-corrected chi connectivity index (χ1v) is 3.12. The largest absolute Gasteiger partial charge is 0.651 e. The molecule has 0 radical (unpaired) electrons. The van der Waals surface area contributed by atoms with Crippen LogP contribution in [0.1, 0.15) is 13.8 Å². The maximum Gasteiger partial charge on any atom is 0.651 e. The Bertz CT molecular complexity index is 101. The van der Waals surface area contributed by atoms with E-state index < -0.39 is 19.8 Å². The predicted molar refractivity (Wildman–Crippen MR) is 36.5 cm³/mol. The van der Waals surface area contributed by atoms with Crippen molar-refractivity contribution in [2.24, 2.45) is 0 Å². The molecule has 0 amide bonds. The minimum atomic E-state index is -2.04. The molecule has 0 saturated heterocycles. The maximum absolute atomic E-state index is 8.85. The highest BCUT2D eigenvalue weighted by atomic mass is 16.8. The van der Waals surface area contributed by atoms with Gasteiger partial charge in [0.1, 0.15) is 12.5 Å². The predicted octanol–water partition coefficient (Wildman–Crippen LogP) is -2.13. The molecule has 2 unspecified atom stereocenters. The van der Waals surface area contributed by atoms with E-state index in [-0.39, 0.29) is 0 Å². The highest BCUT2D eigenvalue weighted by Gasteiger charge is 2.23. The molecule has 2 atom stereocenters. The highest BCUT2D eigenvalue weighted by molar-refractivity contribution is 6.32. The van der Waals surface area contributed by atoms with E-state index in [1.165, 1.54) is 13.8 Å². The maximum atomic E-state index is 8.85. The van der Waals surface area contributed by atoms with Crippen molar-refractivity contribution in [2.45, 2.75) is 26.3 Å². The van der Waals surface area contributed by atoms with Crippen LogP contribution in [0.25, 0.3) is 0 Å². The van der Waals surface area contributed by atoms with E-state index in [0.29, 0.717) is 5.06 Å². The first-order valence-electron chi connectivity index (χ1n) is 3.12. The van der Waals surface area contributed by atoms with Crippen molar-refractivity contribution in [3.05, 3.63) is 0 Å². The molecule has 0 saturated carbocycles. The van der Waals surface area contributed by atoms with Gasteiger partial charge in [-0.3, -0.25) is 4.76 Å². The zero-order valence-electron chi connectivity index (χ0n) is 6.38. The summed E-state index contributed by atoms with van der Waals surface area (Å²) in [7, 11) is -2.04. The Kier molecular flexibility index (Phi) is 4.58. The van der Waals surface area contributed by atoms with Gasteiger partial charge in [-0.25, -0.2) is 0 Å². The Balaban J connectivity index is 3.90. The van der Waals surface area contributed by atoms with Crippen molar-refractivity contribution in [1.82, 2.24) is 5.06 Å². The Morgan fingerprint density at radius 3 is 1.64 bits per heavy atom. The molecule has 0 heterocycles. The molecular formula is C4H12BNO5. The van der Waals surface area contributed by atoms with Crippen molar-refractivity contribution < 1.29 is 25.0 Å².